The summed E-state index contributed by atoms with van der Waals surface area (Å²) < 4.78 is 5.37. The topological polar surface area (TPSA) is 32.8 Å². The molecule has 1 fully saturated rings. The Hall–Kier alpha value is -0.570. The van der Waals surface area contributed by atoms with Crippen LogP contribution in [0.1, 0.15) is 25.5 Å². The van der Waals surface area contributed by atoms with Crippen molar-refractivity contribution in [3.05, 3.63) is 34.9 Å². The molecule has 0 amide bonds. The third-order valence-corrected chi connectivity index (χ3v) is 2.81. The van der Waals surface area contributed by atoms with E-state index in [0.717, 1.165) is 5.56 Å². The molecule has 1 aromatic carbocycles. The number of hydrogen-bond donors (Lipinski definition) is 1. The molecule has 1 aliphatic heterocycles. The minimum atomic E-state index is -0.553. The number of hydrogen-bond acceptors (Lipinski definition) is 2. The average Bonchev–Trinajstić information content (AvgIpc) is 2.75. The van der Waals surface area contributed by atoms with Crippen LogP contribution in [0.5, 0.6) is 0 Å². The first-order valence-electron chi connectivity index (χ1n) is 4.62. The van der Waals surface area contributed by atoms with Gasteiger partial charge in [-0.05, 0) is 31.5 Å². The molecule has 0 aromatic heterocycles. The lowest BCUT2D eigenvalue weighted by Gasteiger charge is -2.08. The van der Waals surface area contributed by atoms with E-state index in [1.54, 1.807) is 12.1 Å². The van der Waals surface area contributed by atoms with E-state index in [2.05, 4.69) is 0 Å². The normalized spacial score (nSPS) is 25.9. The van der Waals surface area contributed by atoms with Gasteiger partial charge in [0.25, 0.3) is 0 Å². The van der Waals surface area contributed by atoms with E-state index in [-0.39, 0.29) is 11.7 Å². The summed E-state index contributed by atoms with van der Waals surface area (Å²) in [5, 5.41) is 10.6. The summed E-state index contributed by atoms with van der Waals surface area (Å²) in [6.07, 6.45) is -0.647. The van der Waals surface area contributed by atoms with Gasteiger partial charge in [-0.15, -0.1) is 0 Å². The van der Waals surface area contributed by atoms with Crippen LogP contribution in [-0.2, 0) is 4.74 Å². The maximum absolute atomic E-state index is 9.92. The summed E-state index contributed by atoms with van der Waals surface area (Å²) in [7, 11) is 0. The molecule has 3 heteroatoms. The number of aliphatic hydroxyl groups excluding tert-OH is 1. The fourth-order valence-electron chi connectivity index (χ4n) is 1.57. The van der Waals surface area contributed by atoms with Gasteiger partial charge in [-0.25, -0.2) is 0 Å². The zero-order valence-corrected chi connectivity index (χ0v) is 8.95. The highest BCUT2D eigenvalue weighted by Crippen LogP contribution is 2.43. The highest BCUT2D eigenvalue weighted by Gasteiger charge is 2.52. The smallest absolute Gasteiger partial charge is 0.117 e. The number of benzene rings is 1. The summed E-state index contributed by atoms with van der Waals surface area (Å²) in [5.41, 5.74) is 0.656. The Labute approximate surface area is 88.5 Å². The van der Waals surface area contributed by atoms with Crippen molar-refractivity contribution < 1.29 is 9.84 Å². The minimum Gasteiger partial charge on any atom is -0.386 e. The molecule has 0 bridgehead atoms. The molecule has 0 saturated carbocycles. The number of ether oxygens (including phenoxy) is 1. The van der Waals surface area contributed by atoms with Crippen molar-refractivity contribution in [1.29, 1.82) is 0 Å². The summed E-state index contributed by atoms with van der Waals surface area (Å²) >= 11 is 5.75. The van der Waals surface area contributed by atoms with Crippen LogP contribution < -0.4 is 0 Å². The first-order chi connectivity index (χ1) is 6.50. The third kappa shape index (κ3) is 1.78. The van der Waals surface area contributed by atoms with Crippen LogP contribution in [0.2, 0.25) is 5.02 Å². The van der Waals surface area contributed by atoms with Crippen molar-refractivity contribution in [2.45, 2.75) is 31.7 Å². The second-order valence-electron chi connectivity index (χ2n) is 4.14. The first-order valence-corrected chi connectivity index (χ1v) is 5.00. The number of epoxide rings is 1. The summed E-state index contributed by atoms with van der Waals surface area (Å²) in [4.78, 5) is 0. The van der Waals surface area contributed by atoms with Gasteiger partial charge in [0, 0.05) is 5.02 Å². The molecule has 0 radical (unpaired) electrons. The molecule has 0 spiro atoms. The molecule has 2 nitrogen and oxygen atoms in total. The molecule has 1 saturated heterocycles. The van der Waals surface area contributed by atoms with E-state index in [0.29, 0.717) is 5.02 Å². The van der Waals surface area contributed by atoms with Crippen molar-refractivity contribution in [2.75, 3.05) is 0 Å². The van der Waals surface area contributed by atoms with Gasteiger partial charge in [0.15, 0.2) is 0 Å². The van der Waals surface area contributed by atoms with Crippen molar-refractivity contribution in [3.8, 4) is 0 Å². The highest BCUT2D eigenvalue weighted by atomic mass is 35.5. The van der Waals surface area contributed by atoms with Gasteiger partial charge in [-0.3, -0.25) is 0 Å². The van der Waals surface area contributed by atoms with Crippen molar-refractivity contribution in [2.24, 2.45) is 0 Å². The van der Waals surface area contributed by atoms with Crippen LogP contribution in [-0.4, -0.2) is 16.8 Å². The van der Waals surface area contributed by atoms with E-state index in [4.69, 9.17) is 16.3 Å². The van der Waals surface area contributed by atoms with Gasteiger partial charge in [0.1, 0.15) is 12.2 Å². The van der Waals surface area contributed by atoms with E-state index in [1.165, 1.54) is 0 Å². The Morgan fingerprint density at radius 2 is 1.86 bits per heavy atom. The summed E-state index contributed by atoms with van der Waals surface area (Å²) in [6, 6.07) is 7.19. The number of aliphatic hydroxyl groups is 1. The molecule has 2 rings (SSSR count). The Kier molecular flexibility index (Phi) is 2.30. The molecule has 0 unspecified atom stereocenters. The molecule has 1 aromatic rings. The molecule has 76 valence electrons. The van der Waals surface area contributed by atoms with Gasteiger partial charge < -0.3 is 9.84 Å². The molecule has 14 heavy (non-hydrogen) atoms. The lowest BCUT2D eigenvalue weighted by Crippen LogP contribution is -2.12. The predicted octanol–water partition coefficient (Wildman–Crippen LogP) is 2.55. The Balaban J connectivity index is 2.13. The fourth-order valence-corrected chi connectivity index (χ4v) is 1.70. The third-order valence-electron chi connectivity index (χ3n) is 2.56. The van der Waals surface area contributed by atoms with E-state index in [1.807, 2.05) is 26.0 Å². The van der Waals surface area contributed by atoms with Crippen molar-refractivity contribution in [1.82, 2.24) is 0 Å². The van der Waals surface area contributed by atoms with Gasteiger partial charge in [-0.1, -0.05) is 23.7 Å². The number of rotatable bonds is 2. The molecular formula is C11H13ClO2. The second-order valence-corrected chi connectivity index (χ2v) is 4.57. The zero-order chi connectivity index (χ0) is 10.3. The van der Waals surface area contributed by atoms with Gasteiger partial charge >= 0.3 is 0 Å². The Bertz CT molecular complexity index is 332. The lowest BCUT2D eigenvalue weighted by atomic mass is 10.00. The molecule has 2 atom stereocenters. The largest absolute Gasteiger partial charge is 0.386 e. The average molecular weight is 213 g/mol. The van der Waals surface area contributed by atoms with Crippen LogP contribution in [0.25, 0.3) is 0 Å². The molecular weight excluding hydrogens is 200 g/mol. The standard InChI is InChI=1S/C11H13ClO2/c1-11(2)10(14-11)9(13)7-3-5-8(12)6-4-7/h3-6,9-10,13H,1-2H3/t9-,10-/m0/s1. The van der Waals surface area contributed by atoms with Crippen LogP contribution in [0.15, 0.2) is 24.3 Å². The summed E-state index contributed by atoms with van der Waals surface area (Å²) in [5.74, 6) is 0. The van der Waals surface area contributed by atoms with Crippen molar-refractivity contribution >= 4 is 11.6 Å². The molecule has 1 aliphatic rings. The van der Waals surface area contributed by atoms with E-state index < -0.39 is 6.10 Å². The Morgan fingerprint density at radius 3 is 2.29 bits per heavy atom. The molecule has 1 heterocycles. The van der Waals surface area contributed by atoms with Crippen LogP contribution in [0.4, 0.5) is 0 Å². The van der Waals surface area contributed by atoms with E-state index >= 15 is 0 Å². The highest BCUT2D eigenvalue weighted by molar-refractivity contribution is 6.30. The maximum atomic E-state index is 9.92. The lowest BCUT2D eigenvalue weighted by molar-refractivity contribution is 0.136. The second kappa shape index (κ2) is 3.23. The Morgan fingerprint density at radius 1 is 1.36 bits per heavy atom. The maximum Gasteiger partial charge on any atom is 0.117 e. The van der Waals surface area contributed by atoms with Gasteiger partial charge in [0.2, 0.25) is 0 Å². The fraction of sp³-hybridized carbons (Fsp3) is 0.455. The van der Waals surface area contributed by atoms with Gasteiger partial charge in [-0.2, -0.15) is 0 Å². The molecule has 1 N–H and O–H groups in total. The first kappa shape index (κ1) is 9.97. The summed E-state index contributed by atoms with van der Waals surface area (Å²) in [6.45, 7) is 3.94. The number of halogens is 1. The van der Waals surface area contributed by atoms with Crippen molar-refractivity contribution in [3.63, 3.8) is 0 Å². The minimum absolute atomic E-state index is 0.0938. The molecule has 0 aliphatic carbocycles. The quantitative estimate of drug-likeness (QED) is 0.765. The van der Waals surface area contributed by atoms with Gasteiger partial charge in [0.05, 0.1) is 5.60 Å². The van der Waals surface area contributed by atoms with Crippen LogP contribution in [0, 0.1) is 0 Å². The SMILES string of the molecule is CC1(C)O[C@H]1[C@@H](O)c1ccc(Cl)cc1. The van der Waals surface area contributed by atoms with E-state index in [9.17, 15) is 5.11 Å². The predicted molar refractivity (Wildman–Crippen MR) is 55.4 cm³/mol. The van der Waals surface area contributed by atoms with Crippen LogP contribution in [0.3, 0.4) is 0 Å². The van der Waals surface area contributed by atoms with Crippen LogP contribution >= 0.6 is 11.6 Å². The zero-order valence-electron chi connectivity index (χ0n) is 8.20. The monoisotopic (exact) mass is 212 g/mol.